The van der Waals surface area contributed by atoms with Crippen LogP contribution in [-0.4, -0.2) is 20.1 Å². The Labute approximate surface area is 110 Å². The zero-order chi connectivity index (χ0) is 13.2. The highest BCUT2D eigenvalue weighted by Gasteiger charge is 2.05. The summed E-state index contributed by atoms with van der Waals surface area (Å²) in [6, 6.07) is 8.89. The minimum Gasteiger partial charge on any atom is -0.508 e. The van der Waals surface area contributed by atoms with Crippen LogP contribution in [0.4, 0.5) is 5.69 Å². The summed E-state index contributed by atoms with van der Waals surface area (Å²) in [7, 11) is 0. The summed E-state index contributed by atoms with van der Waals surface area (Å²) in [5.41, 5.74) is 3.78. The number of aromatic hydroxyl groups is 1. The second kappa shape index (κ2) is 4.61. The quantitative estimate of drug-likeness (QED) is 0.628. The number of aryl methyl sites for hydroxylation is 1. The fourth-order valence-electron chi connectivity index (χ4n) is 1.93. The van der Waals surface area contributed by atoms with Gasteiger partial charge in [0.25, 0.3) is 0 Å². The third-order valence-electron chi connectivity index (χ3n) is 2.98. The number of fused-ring (bicyclic) bond motifs is 1. The lowest BCUT2D eigenvalue weighted by atomic mass is 10.3. The lowest BCUT2D eigenvalue weighted by molar-refractivity contribution is 0.475. The molecule has 0 bridgehead atoms. The van der Waals surface area contributed by atoms with Crippen LogP contribution in [0.25, 0.3) is 11.2 Å². The SMILES string of the molecule is Cc1ccnc2nc(CNc3ccc(O)cc3)[nH]c12. The van der Waals surface area contributed by atoms with E-state index in [0.717, 1.165) is 28.2 Å². The van der Waals surface area contributed by atoms with E-state index in [9.17, 15) is 5.11 Å². The average molecular weight is 254 g/mol. The third kappa shape index (κ3) is 2.35. The Morgan fingerprint density at radius 1 is 1.21 bits per heavy atom. The van der Waals surface area contributed by atoms with Gasteiger partial charge in [0.15, 0.2) is 5.65 Å². The summed E-state index contributed by atoms with van der Waals surface area (Å²) in [4.78, 5) is 11.9. The molecule has 1 aromatic carbocycles. The van der Waals surface area contributed by atoms with Crippen molar-refractivity contribution < 1.29 is 5.11 Å². The van der Waals surface area contributed by atoms with E-state index in [1.165, 1.54) is 0 Å². The molecule has 0 radical (unpaired) electrons. The van der Waals surface area contributed by atoms with Crippen LogP contribution in [0.1, 0.15) is 11.4 Å². The average Bonchev–Trinajstić information content (AvgIpc) is 2.83. The number of hydrogen-bond acceptors (Lipinski definition) is 4. The van der Waals surface area contributed by atoms with Crippen molar-refractivity contribution in [3.8, 4) is 5.75 Å². The van der Waals surface area contributed by atoms with Gasteiger partial charge in [-0.1, -0.05) is 0 Å². The van der Waals surface area contributed by atoms with Crippen molar-refractivity contribution in [2.45, 2.75) is 13.5 Å². The predicted octanol–water partition coefficient (Wildman–Crippen LogP) is 2.58. The fourth-order valence-corrected chi connectivity index (χ4v) is 1.93. The molecular formula is C14H14N4O. The van der Waals surface area contributed by atoms with E-state index in [-0.39, 0.29) is 5.75 Å². The molecule has 3 N–H and O–H groups in total. The van der Waals surface area contributed by atoms with Crippen molar-refractivity contribution in [1.29, 1.82) is 0 Å². The highest BCUT2D eigenvalue weighted by atomic mass is 16.3. The van der Waals surface area contributed by atoms with E-state index in [1.807, 2.05) is 25.1 Å². The van der Waals surface area contributed by atoms with Crippen molar-refractivity contribution in [3.63, 3.8) is 0 Å². The van der Waals surface area contributed by atoms with Gasteiger partial charge in [-0.3, -0.25) is 0 Å². The first-order valence-corrected chi connectivity index (χ1v) is 6.05. The number of nitrogens with zero attached hydrogens (tertiary/aromatic N) is 2. The second-order valence-electron chi connectivity index (χ2n) is 4.41. The van der Waals surface area contributed by atoms with Crippen LogP contribution in [0.15, 0.2) is 36.5 Å². The summed E-state index contributed by atoms with van der Waals surface area (Å²) in [6.45, 7) is 2.61. The van der Waals surface area contributed by atoms with Gasteiger partial charge in [-0.25, -0.2) is 9.97 Å². The molecule has 0 atom stereocenters. The minimum absolute atomic E-state index is 0.258. The highest BCUT2D eigenvalue weighted by Crippen LogP contribution is 2.16. The number of anilines is 1. The number of nitrogens with one attached hydrogen (secondary N) is 2. The molecule has 0 spiro atoms. The van der Waals surface area contributed by atoms with E-state index in [1.54, 1.807) is 18.3 Å². The molecule has 0 aliphatic heterocycles. The maximum Gasteiger partial charge on any atom is 0.178 e. The zero-order valence-corrected chi connectivity index (χ0v) is 10.5. The van der Waals surface area contributed by atoms with Crippen LogP contribution in [0.5, 0.6) is 5.75 Å². The molecule has 3 aromatic rings. The van der Waals surface area contributed by atoms with E-state index >= 15 is 0 Å². The van der Waals surface area contributed by atoms with Crippen LogP contribution >= 0.6 is 0 Å². The van der Waals surface area contributed by atoms with Crippen molar-refractivity contribution in [3.05, 3.63) is 47.9 Å². The minimum atomic E-state index is 0.258. The van der Waals surface area contributed by atoms with Gasteiger partial charge in [-0.05, 0) is 42.8 Å². The van der Waals surface area contributed by atoms with Gasteiger partial charge in [0.1, 0.15) is 11.6 Å². The van der Waals surface area contributed by atoms with Gasteiger partial charge >= 0.3 is 0 Å². The lowest BCUT2D eigenvalue weighted by Crippen LogP contribution is -2.00. The number of aromatic nitrogens is 3. The molecule has 96 valence electrons. The van der Waals surface area contributed by atoms with Gasteiger partial charge < -0.3 is 15.4 Å². The molecule has 0 saturated carbocycles. The van der Waals surface area contributed by atoms with E-state index in [2.05, 4.69) is 20.3 Å². The number of pyridine rings is 1. The molecular weight excluding hydrogens is 240 g/mol. The van der Waals surface area contributed by atoms with Crippen molar-refractivity contribution in [1.82, 2.24) is 15.0 Å². The number of aromatic amines is 1. The normalized spacial score (nSPS) is 10.8. The summed E-state index contributed by atoms with van der Waals surface area (Å²) in [5.74, 6) is 1.10. The molecule has 0 fully saturated rings. The smallest absolute Gasteiger partial charge is 0.178 e. The summed E-state index contributed by atoms with van der Waals surface area (Å²) in [6.07, 6.45) is 1.76. The largest absolute Gasteiger partial charge is 0.508 e. The van der Waals surface area contributed by atoms with Crippen LogP contribution in [0.2, 0.25) is 0 Å². The van der Waals surface area contributed by atoms with Crippen LogP contribution in [0.3, 0.4) is 0 Å². The van der Waals surface area contributed by atoms with E-state index < -0.39 is 0 Å². The van der Waals surface area contributed by atoms with Crippen molar-refractivity contribution >= 4 is 16.9 Å². The molecule has 0 aliphatic carbocycles. The van der Waals surface area contributed by atoms with Gasteiger partial charge in [-0.2, -0.15) is 0 Å². The van der Waals surface area contributed by atoms with Gasteiger partial charge in [0.2, 0.25) is 0 Å². The van der Waals surface area contributed by atoms with E-state index in [4.69, 9.17) is 0 Å². The van der Waals surface area contributed by atoms with Crippen LogP contribution in [-0.2, 0) is 6.54 Å². The number of benzene rings is 1. The van der Waals surface area contributed by atoms with Crippen LogP contribution < -0.4 is 5.32 Å². The first-order valence-electron chi connectivity index (χ1n) is 6.05. The Kier molecular flexibility index (Phi) is 2.79. The van der Waals surface area contributed by atoms with Crippen molar-refractivity contribution in [2.24, 2.45) is 0 Å². The monoisotopic (exact) mass is 254 g/mol. The van der Waals surface area contributed by atoms with Gasteiger partial charge in [-0.15, -0.1) is 0 Å². The highest BCUT2D eigenvalue weighted by molar-refractivity contribution is 5.74. The molecule has 0 aliphatic rings. The second-order valence-corrected chi connectivity index (χ2v) is 4.41. The Bertz CT molecular complexity index is 703. The van der Waals surface area contributed by atoms with E-state index in [0.29, 0.717) is 6.54 Å². The molecule has 5 nitrogen and oxygen atoms in total. The topological polar surface area (TPSA) is 73.8 Å². The molecule has 3 rings (SSSR count). The number of phenolic OH excluding ortho intramolecular Hbond substituents is 1. The molecule has 2 heterocycles. The zero-order valence-electron chi connectivity index (χ0n) is 10.5. The maximum absolute atomic E-state index is 9.21. The summed E-state index contributed by atoms with van der Waals surface area (Å²) >= 11 is 0. The van der Waals surface area contributed by atoms with Gasteiger partial charge in [0, 0.05) is 11.9 Å². The number of hydrogen-bond donors (Lipinski definition) is 3. The van der Waals surface area contributed by atoms with Crippen molar-refractivity contribution in [2.75, 3.05) is 5.32 Å². The number of imidazole rings is 1. The standard InChI is InChI=1S/C14H14N4O/c1-9-6-7-15-14-13(9)17-12(18-14)8-16-10-2-4-11(19)5-3-10/h2-7,16,19H,8H2,1H3,(H,15,17,18). The molecule has 2 aromatic heterocycles. The Morgan fingerprint density at radius 3 is 2.74 bits per heavy atom. The fraction of sp³-hybridized carbons (Fsp3) is 0.143. The Hall–Kier alpha value is -2.56. The molecule has 19 heavy (non-hydrogen) atoms. The Balaban J connectivity index is 1.78. The molecule has 0 saturated heterocycles. The first kappa shape index (κ1) is 11.5. The number of H-pyrrole nitrogens is 1. The number of phenols is 1. The van der Waals surface area contributed by atoms with Crippen LogP contribution in [0, 0.1) is 6.92 Å². The Morgan fingerprint density at radius 2 is 2.00 bits per heavy atom. The number of rotatable bonds is 3. The first-order chi connectivity index (χ1) is 9.22. The lowest BCUT2D eigenvalue weighted by Gasteiger charge is -2.03. The molecule has 0 amide bonds. The summed E-state index contributed by atoms with van der Waals surface area (Å²) in [5, 5.41) is 12.4. The summed E-state index contributed by atoms with van der Waals surface area (Å²) < 4.78 is 0. The maximum atomic E-state index is 9.21. The molecule has 0 unspecified atom stereocenters. The molecule has 5 heteroatoms. The van der Waals surface area contributed by atoms with Gasteiger partial charge in [0.05, 0.1) is 12.1 Å². The third-order valence-corrected chi connectivity index (χ3v) is 2.98. The predicted molar refractivity (Wildman–Crippen MR) is 74.1 cm³/mol.